The average molecular weight is 880 g/mol. The van der Waals surface area contributed by atoms with Gasteiger partial charge in [-0.3, -0.25) is 33.9 Å². The molecule has 9 rings (SSSR count). The number of carbonyl (C=O) groups is 3. The number of hydrogen-bond acceptors (Lipinski definition) is 13. The fraction of sp³-hybridized carbons (Fsp3) is 0.0638. The zero-order valence-electron chi connectivity index (χ0n) is 34.8. The summed E-state index contributed by atoms with van der Waals surface area (Å²) >= 11 is 0. The summed E-state index contributed by atoms with van der Waals surface area (Å²) in [6.07, 6.45) is 16.1. The lowest BCUT2D eigenvalue weighted by Crippen LogP contribution is -2.07. The molecule has 19 nitrogen and oxygen atoms in total. The van der Waals surface area contributed by atoms with Gasteiger partial charge in [0.05, 0.1) is 76.5 Å². The standard InChI is InChI=1S/C47H37N13O6/c1-58-43(55-40-23-49-17-14-35(40)45(63)64)37(21-52-58)30-11-12-31(51-20-30)25-59-27-38(42(57-59)54-39-22-48-16-13-34(39)44(61)62)29-9-7-28(8-10-29)19-32-26-60(33-5-3-2-4-6-33)47(53-32)56-41-24-50-18-15-36(41)46(65)66/h2-18,20-24,26-27,55H,19,25H2,1H3,(H,53,56)(H,54,57)(H,61,62)(H,63,64)(H,65,66). The molecule has 7 heterocycles. The second-order valence-electron chi connectivity index (χ2n) is 14.8. The molecular weight excluding hydrogens is 843 g/mol. The van der Waals surface area contributed by atoms with Crippen LogP contribution in [0.5, 0.6) is 0 Å². The minimum Gasteiger partial charge on any atom is -0.478 e. The summed E-state index contributed by atoms with van der Waals surface area (Å²) in [6, 6.07) is 25.4. The van der Waals surface area contributed by atoms with Crippen molar-refractivity contribution in [3.8, 4) is 27.9 Å². The van der Waals surface area contributed by atoms with Crippen LogP contribution in [0.4, 0.5) is 34.6 Å². The molecule has 0 aliphatic carbocycles. The average Bonchev–Trinajstić information content (AvgIpc) is 4.03. The molecule has 7 aromatic heterocycles. The van der Waals surface area contributed by atoms with Crippen LogP contribution in [-0.4, -0.2) is 82.3 Å². The molecule has 6 N–H and O–H groups in total. The number of nitrogens with one attached hydrogen (secondary N) is 3. The Hall–Kier alpha value is -9.52. The topological polar surface area (TPSA) is 253 Å². The number of pyridine rings is 4. The molecule has 19 heteroatoms. The highest BCUT2D eigenvalue weighted by Crippen LogP contribution is 2.33. The molecule has 0 bridgehead atoms. The maximum absolute atomic E-state index is 12.1. The first-order valence-corrected chi connectivity index (χ1v) is 20.2. The van der Waals surface area contributed by atoms with Crippen molar-refractivity contribution in [3.05, 3.63) is 181 Å². The molecule has 0 unspecified atom stereocenters. The maximum Gasteiger partial charge on any atom is 0.337 e. The molecule has 0 atom stereocenters. The van der Waals surface area contributed by atoms with Gasteiger partial charge < -0.3 is 31.3 Å². The zero-order valence-corrected chi connectivity index (χ0v) is 34.8. The number of nitrogens with zero attached hydrogens (tertiary/aromatic N) is 10. The Morgan fingerprint density at radius 1 is 0.606 bits per heavy atom. The number of imidazole rings is 1. The summed E-state index contributed by atoms with van der Waals surface area (Å²) in [5.74, 6) is -1.95. The lowest BCUT2D eigenvalue weighted by atomic mass is 10.0. The summed E-state index contributed by atoms with van der Waals surface area (Å²) in [6.45, 7) is 0.259. The quantitative estimate of drug-likeness (QED) is 0.0544. The highest BCUT2D eigenvalue weighted by molar-refractivity contribution is 5.97. The van der Waals surface area contributed by atoms with Gasteiger partial charge in [0.1, 0.15) is 5.82 Å². The van der Waals surface area contributed by atoms with Crippen molar-refractivity contribution in [1.82, 2.24) is 49.0 Å². The Morgan fingerprint density at radius 2 is 1.21 bits per heavy atom. The van der Waals surface area contributed by atoms with Crippen molar-refractivity contribution >= 4 is 52.6 Å². The molecule has 0 saturated heterocycles. The van der Waals surface area contributed by atoms with Crippen LogP contribution in [-0.2, 0) is 20.0 Å². The van der Waals surface area contributed by atoms with E-state index in [9.17, 15) is 29.7 Å². The first-order valence-electron chi connectivity index (χ1n) is 20.2. The van der Waals surface area contributed by atoms with Gasteiger partial charge in [-0.25, -0.2) is 19.4 Å². The fourth-order valence-corrected chi connectivity index (χ4v) is 7.26. The van der Waals surface area contributed by atoms with E-state index in [0.717, 1.165) is 28.1 Å². The molecule has 9 aromatic rings. The van der Waals surface area contributed by atoms with Gasteiger partial charge in [-0.15, -0.1) is 0 Å². The van der Waals surface area contributed by atoms with Gasteiger partial charge in [0, 0.05) is 73.0 Å². The van der Waals surface area contributed by atoms with Gasteiger partial charge in [0.15, 0.2) is 5.82 Å². The van der Waals surface area contributed by atoms with E-state index in [2.05, 4.69) is 36.0 Å². The third kappa shape index (κ3) is 8.88. The lowest BCUT2D eigenvalue weighted by molar-refractivity contribution is 0.0687. The summed E-state index contributed by atoms with van der Waals surface area (Å²) in [5.41, 5.74) is 7.09. The van der Waals surface area contributed by atoms with Gasteiger partial charge in [0.2, 0.25) is 5.95 Å². The summed E-state index contributed by atoms with van der Waals surface area (Å²) in [7, 11) is 1.74. The number of carboxylic acid groups (broad SMARTS) is 3. The molecule has 0 amide bonds. The number of rotatable bonds is 16. The first-order chi connectivity index (χ1) is 32.1. The Kier molecular flexibility index (Phi) is 11.4. The number of anilines is 6. The molecule has 0 saturated carbocycles. The van der Waals surface area contributed by atoms with Crippen LogP contribution in [0.15, 0.2) is 147 Å². The summed E-state index contributed by atoms with van der Waals surface area (Å²) in [5, 5.41) is 48.1. The highest BCUT2D eigenvalue weighted by Gasteiger charge is 2.20. The van der Waals surface area contributed by atoms with Crippen molar-refractivity contribution in [2.45, 2.75) is 13.0 Å². The number of aromatic nitrogens is 10. The van der Waals surface area contributed by atoms with Crippen LogP contribution >= 0.6 is 0 Å². The van der Waals surface area contributed by atoms with Crippen LogP contribution < -0.4 is 16.0 Å². The van der Waals surface area contributed by atoms with E-state index in [-0.39, 0.29) is 28.9 Å². The van der Waals surface area contributed by atoms with Crippen molar-refractivity contribution in [1.29, 1.82) is 0 Å². The second kappa shape index (κ2) is 18.1. The lowest BCUT2D eigenvalue weighted by Gasteiger charge is -2.12. The molecule has 0 radical (unpaired) electrons. The van der Waals surface area contributed by atoms with E-state index < -0.39 is 17.9 Å². The van der Waals surface area contributed by atoms with Crippen molar-refractivity contribution < 1.29 is 29.7 Å². The van der Waals surface area contributed by atoms with Gasteiger partial charge in [0.25, 0.3) is 0 Å². The number of aryl methyl sites for hydroxylation is 1. The molecule has 2 aromatic carbocycles. The number of carboxylic acids is 3. The van der Waals surface area contributed by atoms with E-state index in [0.29, 0.717) is 52.2 Å². The fourth-order valence-electron chi connectivity index (χ4n) is 7.26. The van der Waals surface area contributed by atoms with Crippen LogP contribution in [0.3, 0.4) is 0 Å². The van der Waals surface area contributed by atoms with Crippen molar-refractivity contribution in [2.75, 3.05) is 16.0 Å². The number of para-hydroxylation sites is 1. The predicted octanol–water partition coefficient (Wildman–Crippen LogP) is 7.68. The zero-order chi connectivity index (χ0) is 45.7. The number of hydrogen-bond donors (Lipinski definition) is 6. The number of aromatic carboxylic acids is 3. The van der Waals surface area contributed by atoms with Crippen LogP contribution in [0.25, 0.3) is 27.9 Å². The van der Waals surface area contributed by atoms with E-state index in [4.69, 9.17) is 15.1 Å². The maximum atomic E-state index is 12.1. The predicted molar refractivity (Wildman–Crippen MR) is 243 cm³/mol. The van der Waals surface area contributed by atoms with Gasteiger partial charge >= 0.3 is 17.9 Å². The molecule has 0 aliphatic rings. The first kappa shape index (κ1) is 41.8. The smallest absolute Gasteiger partial charge is 0.337 e. The molecule has 326 valence electrons. The van der Waals surface area contributed by atoms with Gasteiger partial charge in [-0.1, -0.05) is 48.5 Å². The molecule has 0 fully saturated rings. The highest BCUT2D eigenvalue weighted by atomic mass is 16.4. The largest absolute Gasteiger partial charge is 0.478 e. The molecular formula is C47H37N13O6. The summed E-state index contributed by atoms with van der Waals surface area (Å²) < 4.78 is 5.17. The Morgan fingerprint density at radius 3 is 1.82 bits per heavy atom. The Labute approximate surface area is 374 Å². The van der Waals surface area contributed by atoms with Crippen LogP contribution in [0.1, 0.15) is 48.0 Å². The van der Waals surface area contributed by atoms with Gasteiger partial charge in [-0.2, -0.15) is 10.2 Å². The van der Waals surface area contributed by atoms with Crippen molar-refractivity contribution in [3.63, 3.8) is 0 Å². The number of benzene rings is 2. The third-order valence-electron chi connectivity index (χ3n) is 10.5. The van der Waals surface area contributed by atoms with Crippen LogP contribution in [0.2, 0.25) is 0 Å². The third-order valence-corrected chi connectivity index (χ3v) is 10.5. The molecule has 66 heavy (non-hydrogen) atoms. The molecule has 0 spiro atoms. The van der Waals surface area contributed by atoms with E-state index >= 15 is 0 Å². The van der Waals surface area contributed by atoms with Crippen LogP contribution in [0, 0.1) is 0 Å². The Bertz CT molecular complexity index is 3240. The normalized spacial score (nSPS) is 11.0. The Balaban J connectivity index is 0.986. The van der Waals surface area contributed by atoms with E-state index in [1.54, 1.807) is 28.8 Å². The van der Waals surface area contributed by atoms with Crippen molar-refractivity contribution in [2.24, 2.45) is 7.05 Å². The SMILES string of the molecule is Cn1ncc(-c2ccc(Cn3cc(-c4ccc(Cc5cn(-c6ccccc6)c(Nc6cnccc6C(=O)O)n5)cc4)c(Nc4cnccc4C(=O)O)n3)nc2)c1Nc1cnccc1C(=O)O. The van der Waals surface area contributed by atoms with E-state index in [1.807, 2.05) is 83.7 Å². The molecule has 0 aliphatic heterocycles. The minimum atomic E-state index is -1.12. The van der Waals surface area contributed by atoms with Gasteiger partial charge in [-0.05, 0) is 47.5 Å². The minimum absolute atomic E-state index is 0.0246. The second-order valence-corrected chi connectivity index (χ2v) is 14.8. The monoisotopic (exact) mass is 879 g/mol. The van der Waals surface area contributed by atoms with E-state index in [1.165, 1.54) is 55.4 Å². The summed E-state index contributed by atoms with van der Waals surface area (Å²) in [4.78, 5) is 57.9.